The summed E-state index contributed by atoms with van der Waals surface area (Å²) in [7, 11) is 0. The summed E-state index contributed by atoms with van der Waals surface area (Å²) in [5.41, 5.74) is 6.95. The molecule has 3 aromatic rings. The third-order valence-electron chi connectivity index (χ3n) is 3.80. The summed E-state index contributed by atoms with van der Waals surface area (Å²) in [6, 6.07) is 3.74. The van der Waals surface area contributed by atoms with Gasteiger partial charge in [-0.3, -0.25) is 9.55 Å². The van der Waals surface area contributed by atoms with Gasteiger partial charge in [0.25, 0.3) is 0 Å². The van der Waals surface area contributed by atoms with E-state index in [2.05, 4.69) is 19.9 Å². The van der Waals surface area contributed by atoms with Gasteiger partial charge in [0.2, 0.25) is 0 Å². The maximum Gasteiger partial charge on any atom is 0.328 e. The number of nitrogen functional groups attached to an aromatic ring is 1. The van der Waals surface area contributed by atoms with E-state index in [-0.39, 0.29) is 24.1 Å². The van der Waals surface area contributed by atoms with Crippen molar-refractivity contribution < 1.29 is 9.47 Å². The predicted molar refractivity (Wildman–Crippen MR) is 90.6 cm³/mol. The molecule has 3 aromatic heterocycles. The van der Waals surface area contributed by atoms with Crippen molar-refractivity contribution in [1.29, 1.82) is 0 Å². The van der Waals surface area contributed by atoms with Crippen molar-refractivity contribution in [2.75, 3.05) is 18.9 Å². The molecule has 0 aliphatic carbocycles. The van der Waals surface area contributed by atoms with Gasteiger partial charge in [0.05, 0.1) is 13.2 Å². The Balaban J connectivity index is 1.88. The Labute approximate surface area is 142 Å². The van der Waals surface area contributed by atoms with E-state index in [1.165, 1.54) is 4.57 Å². The molecule has 0 amide bonds. The van der Waals surface area contributed by atoms with E-state index in [4.69, 9.17) is 15.2 Å². The Kier molecular flexibility index (Phi) is 3.81. The number of nitrogens with zero attached hydrogens (tertiary/aromatic N) is 4. The second-order valence-electron chi connectivity index (χ2n) is 5.47. The van der Waals surface area contributed by atoms with E-state index >= 15 is 0 Å². The molecule has 1 aliphatic heterocycles. The van der Waals surface area contributed by atoms with Gasteiger partial charge in [-0.1, -0.05) is 12.2 Å². The number of aromatic amines is 1. The number of fused-ring (bicyclic) bond motifs is 2. The van der Waals surface area contributed by atoms with Crippen LogP contribution in [0.25, 0.3) is 11.2 Å². The lowest BCUT2D eigenvalue weighted by Crippen LogP contribution is -2.19. The summed E-state index contributed by atoms with van der Waals surface area (Å²) >= 11 is 0. The summed E-state index contributed by atoms with van der Waals surface area (Å²) in [6.45, 7) is 1.000. The van der Waals surface area contributed by atoms with E-state index in [9.17, 15) is 4.79 Å². The minimum Gasteiger partial charge on any atom is -0.491 e. The van der Waals surface area contributed by atoms with Gasteiger partial charge in [-0.25, -0.2) is 4.79 Å². The fourth-order valence-corrected chi connectivity index (χ4v) is 2.61. The minimum absolute atomic E-state index is 0.122. The second kappa shape index (κ2) is 6.27. The first-order chi connectivity index (χ1) is 12.2. The van der Waals surface area contributed by atoms with Crippen LogP contribution < -0.4 is 20.9 Å². The number of ether oxygens (including phenoxy) is 2. The van der Waals surface area contributed by atoms with Crippen LogP contribution in [0.2, 0.25) is 0 Å². The number of rotatable bonds is 0. The van der Waals surface area contributed by atoms with Crippen molar-refractivity contribution in [3.8, 4) is 11.8 Å². The highest BCUT2D eigenvalue weighted by atomic mass is 16.5. The van der Waals surface area contributed by atoms with Crippen molar-refractivity contribution in [3.05, 3.63) is 46.7 Å². The van der Waals surface area contributed by atoms with Crippen molar-refractivity contribution in [2.45, 2.75) is 13.0 Å². The molecule has 1 aliphatic rings. The summed E-state index contributed by atoms with van der Waals surface area (Å²) < 4.78 is 12.7. The lowest BCUT2D eigenvalue weighted by atomic mass is 10.3. The van der Waals surface area contributed by atoms with Crippen LogP contribution in [-0.4, -0.2) is 37.7 Å². The van der Waals surface area contributed by atoms with Gasteiger partial charge in [-0.05, 0) is 18.6 Å². The lowest BCUT2D eigenvalue weighted by Gasteiger charge is -2.11. The molecule has 4 heterocycles. The zero-order valence-electron chi connectivity index (χ0n) is 13.3. The highest BCUT2D eigenvalue weighted by Gasteiger charge is 2.17. The minimum atomic E-state index is -0.350. The van der Waals surface area contributed by atoms with Crippen molar-refractivity contribution in [3.63, 3.8) is 0 Å². The highest BCUT2D eigenvalue weighted by molar-refractivity contribution is 5.81. The fraction of sp³-hybridized carbons (Fsp3) is 0.250. The Morgan fingerprint density at radius 1 is 1.24 bits per heavy atom. The predicted octanol–water partition coefficient (Wildman–Crippen LogP) is 0.863. The number of imidazole rings is 1. The SMILES string of the molecule is Nc1nc2nc3c1[nH]c(=O)n3Cc1ncccc1OCCC=CCO2. The van der Waals surface area contributed by atoms with Crippen LogP contribution >= 0.6 is 0 Å². The van der Waals surface area contributed by atoms with E-state index in [0.717, 1.165) is 6.42 Å². The monoisotopic (exact) mass is 340 g/mol. The first-order valence-electron chi connectivity index (χ1n) is 7.83. The molecule has 9 nitrogen and oxygen atoms in total. The number of hydrogen-bond donors (Lipinski definition) is 2. The van der Waals surface area contributed by atoms with Gasteiger partial charge < -0.3 is 20.2 Å². The maximum absolute atomic E-state index is 12.4. The molecule has 25 heavy (non-hydrogen) atoms. The maximum atomic E-state index is 12.4. The summed E-state index contributed by atoms with van der Waals surface area (Å²) in [5, 5.41) is 0. The second-order valence-corrected chi connectivity index (χ2v) is 5.47. The molecule has 0 aromatic carbocycles. The van der Waals surface area contributed by atoms with Crippen LogP contribution in [-0.2, 0) is 6.54 Å². The highest BCUT2D eigenvalue weighted by Crippen LogP contribution is 2.21. The molecule has 2 bridgehead atoms. The number of H-pyrrole nitrogens is 1. The van der Waals surface area contributed by atoms with Crippen molar-refractivity contribution in [2.24, 2.45) is 0 Å². The van der Waals surface area contributed by atoms with Gasteiger partial charge >= 0.3 is 11.7 Å². The van der Waals surface area contributed by atoms with E-state index in [0.29, 0.717) is 35.8 Å². The Morgan fingerprint density at radius 2 is 2.16 bits per heavy atom. The Hall–Kier alpha value is -3.36. The number of anilines is 1. The molecule has 4 rings (SSSR count). The molecule has 0 saturated heterocycles. The molecule has 0 spiro atoms. The Morgan fingerprint density at radius 3 is 3.08 bits per heavy atom. The number of aromatic nitrogens is 5. The normalized spacial score (nSPS) is 14.6. The molecule has 0 radical (unpaired) electrons. The summed E-state index contributed by atoms with van der Waals surface area (Å²) in [4.78, 5) is 27.8. The molecule has 0 fully saturated rings. The molecule has 0 saturated carbocycles. The van der Waals surface area contributed by atoms with Gasteiger partial charge in [0.15, 0.2) is 11.5 Å². The molecule has 0 unspecified atom stereocenters. The van der Waals surface area contributed by atoms with Crippen LogP contribution in [0.3, 0.4) is 0 Å². The quantitative estimate of drug-likeness (QED) is 0.582. The van der Waals surface area contributed by atoms with E-state index in [1.807, 2.05) is 18.2 Å². The van der Waals surface area contributed by atoms with Crippen LogP contribution in [0, 0.1) is 0 Å². The zero-order valence-corrected chi connectivity index (χ0v) is 13.3. The Bertz CT molecular complexity index is 1010. The van der Waals surface area contributed by atoms with Crippen LogP contribution in [0.15, 0.2) is 35.3 Å². The third-order valence-corrected chi connectivity index (χ3v) is 3.80. The molecule has 128 valence electrons. The molecular weight excluding hydrogens is 324 g/mol. The lowest BCUT2D eigenvalue weighted by molar-refractivity contribution is 0.316. The van der Waals surface area contributed by atoms with Gasteiger partial charge in [-0.2, -0.15) is 9.97 Å². The molecule has 0 atom stereocenters. The number of nitrogens with one attached hydrogen (secondary N) is 1. The van der Waals surface area contributed by atoms with Crippen LogP contribution in [0.5, 0.6) is 11.8 Å². The zero-order chi connectivity index (χ0) is 17.2. The van der Waals surface area contributed by atoms with Crippen LogP contribution in [0.4, 0.5) is 5.82 Å². The number of nitrogens with two attached hydrogens (primary N) is 1. The van der Waals surface area contributed by atoms with Crippen molar-refractivity contribution >= 4 is 17.0 Å². The average molecular weight is 340 g/mol. The smallest absolute Gasteiger partial charge is 0.328 e. The van der Waals surface area contributed by atoms with E-state index < -0.39 is 0 Å². The largest absolute Gasteiger partial charge is 0.491 e. The van der Waals surface area contributed by atoms with Gasteiger partial charge in [0, 0.05) is 6.20 Å². The fourth-order valence-electron chi connectivity index (χ4n) is 2.61. The third kappa shape index (κ3) is 2.91. The topological polar surface area (TPSA) is 121 Å². The molecular formula is C16H16N6O3. The van der Waals surface area contributed by atoms with Crippen molar-refractivity contribution in [1.82, 2.24) is 24.5 Å². The first-order valence-corrected chi connectivity index (χ1v) is 7.83. The summed E-state index contributed by atoms with van der Waals surface area (Å²) in [6.07, 6.45) is 6.18. The summed E-state index contributed by atoms with van der Waals surface area (Å²) in [5.74, 6) is 0.789. The van der Waals surface area contributed by atoms with Gasteiger partial charge in [-0.15, -0.1) is 0 Å². The molecule has 3 N–H and O–H groups in total. The first kappa shape index (κ1) is 15.2. The standard InChI is InChI=1S/C16H16N6O3/c17-13-12-14-21-15(20-13)25-8-3-1-2-7-24-11-5-4-6-18-10(11)9-22(14)16(23)19-12/h1,3-6H,2,7-9H2,(H,19,23)(H2,17,20,21). The molecule has 9 heteroatoms. The average Bonchev–Trinajstić information content (AvgIpc) is 2.92. The van der Waals surface area contributed by atoms with Crippen LogP contribution in [0.1, 0.15) is 12.1 Å². The van der Waals surface area contributed by atoms with Gasteiger partial charge in [0.1, 0.15) is 23.6 Å². The number of hydrogen-bond acceptors (Lipinski definition) is 7. The number of pyridine rings is 1. The van der Waals surface area contributed by atoms with E-state index in [1.54, 1.807) is 12.3 Å².